The average molecular weight is 641 g/mol. The standard InChI is InChI=1S/C32H38BrN3O4S/c1-23(2)26-16-18-29(19-17-26)36(41(39,40)30-14-5-4-6-15-30)22-31(37)35(21-25-10-9-11-27(33)20-25)24(3)32(38)34-28-12-7-8-13-28/h4-6,9-11,14-20,23-24,28H,7-8,12-13,21-22H2,1-3H3,(H,34,38). The summed E-state index contributed by atoms with van der Waals surface area (Å²) in [6, 6.07) is 22.2. The van der Waals surface area contributed by atoms with Gasteiger partial charge in [-0.1, -0.05) is 85.1 Å². The highest BCUT2D eigenvalue weighted by atomic mass is 79.9. The summed E-state index contributed by atoms with van der Waals surface area (Å²) < 4.78 is 29.8. The van der Waals surface area contributed by atoms with Crippen LogP contribution in [0.15, 0.2) is 88.2 Å². The number of sulfonamides is 1. The van der Waals surface area contributed by atoms with Crippen LogP contribution in [0, 0.1) is 0 Å². The van der Waals surface area contributed by atoms with Crippen LogP contribution >= 0.6 is 15.9 Å². The van der Waals surface area contributed by atoms with E-state index < -0.39 is 28.5 Å². The summed E-state index contributed by atoms with van der Waals surface area (Å²) in [6.07, 6.45) is 3.99. The van der Waals surface area contributed by atoms with Gasteiger partial charge in [0.25, 0.3) is 10.0 Å². The molecule has 3 aromatic rings. The molecule has 1 atom stereocenters. The lowest BCUT2D eigenvalue weighted by atomic mass is 10.0. The molecule has 9 heteroatoms. The van der Waals surface area contributed by atoms with Crippen LogP contribution in [0.2, 0.25) is 0 Å². The van der Waals surface area contributed by atoms with Gasteiger partial charge in [0, 0.05) is 17.1 Å². The third-order valence-electron chi connectivity index (χ3n) is 7.57. The zero-order valence-corrected chi connectivity index (χ0v) is 26.2. The molecule has 7 nitrogen and oxygen atoms in total. The van der Waals surface area contributed by atoms with Crippen LogP contribution in [0.1, 0.15) is 63.5 Å². The van der Waals surface area contributed by atoms with E-state index in [4.69, 9.17) is 0 Å². The summed E-state index contributed by atoms with van der Waals surface area (Å²) in [5, 5.41) is 3.10. The lowest BCUT2D eigenvalue weighted by molar-refractivity contribution is -0.139. The molecule has 0 saturated heterocycles. The maximum atomic E-state index is 14.1. The second-order valence-corrected chi connectivity index (χ2v) is 13.7. The maximum absolute atomic E-state index is 14.1. The minimum Gasteiger partial charge on any atom is -0.352 e. The first-order chi connectivity index (χ1) is 19.6. The van der Waals surface area contributed by atoms with E-state index in [1.807, 2.05) is 36.4 Å². The van der Waals surface area contributed by atoms with Gasteiger partial charge < -0.3 is 10.2 Å². The van der Waals surface area contributed by atoms with E-state index in [1.165, 1.54) is 17.0 Å². The summed E-state index contributed by atoms with van der Waals surface area (Å²) in [6.45, 7) is 5.54. The molecule has 1 N–H and O–H groups in total. The zero-order chi connectivity index (χ0) is 29.6. The van der Waals surface area contributed by atoms with Crippen molar-refractivity contribution in [3.63, 3.8) is 0 Å². The summed E-state index contributed by atoms with van der Waals surface area (Å²) in [7, 11) is -4.08. The predicted molar refractivity (Wildman–Crippen MR) is 166 cm³/mol. The Labute approximate surface area is 252 Å². The zero-order valence-electron chi connectivity index (χ0n) is 23.8. The molecule has 1 fully saturated rings. The average Bonchev–Trinajstić information content (AvgIpc) is 3.47. The first-order valence-electron chi connectivity index (χ1n) is 14.1. The molecule has 2 amide bonds. The second-order valence-electron chi connectivity index (χ2n) is 10.9. The molecule has 218 valence electrons. The van der Waals surface area contributed by atoms with Crippen molar-refractivity contribution >= 4 is 43.5 Å². The van der Waals surface area contributed by atoms with Crippen molar-refractivity contribution in [3.05, 3.63) is 94.5 Å². The first-order valence-corrected chi connectivity index (χ1v) is 16.3. The van der Waals surface area contributed by atoms with Gasteiger partial charge in [0.05, 0.1) is 10.6 Å². The summed E-state index contributed by atoms with van der Waals surface area (Å²) in [5.74, 6) is -0.435. The number of carbonyl (C=O) groups excluding carboxylic acids is 2. The second kappa shape index (κ2) is 13.7. The van der Waals surface area contributed by atoms with Gasteiger partial charge in [-0.2, -0.15) is 0 Å². The number of carbonyl (C=O) groups is 2. The van der Waals surface area contributed by atoms with E-state index in [2.05, 4.69) is 35.1 Å². The van der Waals surface area contributed by atoms with Crippen LogP contribution in [-0.4, -0.2) is 43.8 Å². The van der Waals surface area contributed by atoms with Crippen molar-refractivity contribution < 1.29 is 18.0 Å². The Morgan fingerprint density at radius 3 is 2.20 bits per heavy atom. The first kappa shape index (κ1) is 30.8. The number of nitrogens with one attached hydrogen (secondary N) is 1. The molecule has 41 heavy (non-hydrogen) atoms. The number of hydrogen-bond donors (Lipinski definition) is 1. The number of benzene rings is 3. The van der Waals surface area contributed by atoms with Crippen LogP contribution in [0.5, 0.6) is 0 Å². The van der Waals surface area contributed by atoms with Crippen molar-refractivity contribution in [2.45, 2.75) is 75.9 Å². The molecule has 0 aliphatic heterocycles. The van der Waals surface area contributed by atoms with E-state index in [9.17, 15) is 18.0 Å². The molecule has 3 aromatic carbocycles. The van der Waals surface area contributed by atoms with Crippen molar-refractivity contribution in [1.29, 1.82) is 0 Å². The van der Waals surface area contributed by atoms with Gasteiger partial charge in [-0.25, -0.2) is 8.42 Å². The molecule has 4 rings (SSSR count). The fourth-order valence-electron chi connectivity index (χ4n) is 5.08. The van der Waals surface area contributed by atoms with Crippen LogP contribution in [0.3, 0.4) is 0 Å². The summed E-state index contributed by atoms with van der Waals surface area (Å²) in [5.41, 5.74) is 2.27. The van der Waals surface area contributed by atoms with Crippen molar-refractivity contribution in [1.82, 2.24) is 10.2 Å². The Hall–Kier alpha value is -3.17. The number of nitrogens with zero attached hydrogens (tertiary/aromatic N) is 2. The normalized spacial score (nSPS) is 14.6. The third-order valence-corrected chi connectivity index (χ3v) is 9.85. The van der Waals surface area contributed by atoms with Gasteiger partial charge in [0.2, 0.25) is 11.8 Å². The van der Waals surface area contributed by atoms with Gasteiger partial charge in [-0.05, 0) is 73.2 Å². The topological polar surface area (TPSA) is 86.8 Å². The molecular formula is C32H38BrN3O4S. The monoisotopic (exact) mass is 639 g/mol. The molecule has 1 aliphatic carbocycles. The van der Waals surface area contributed by atoms with Crippen LogP contribution in [-0.2, 0) is 26.2 Å². The molecule has 0 aromatic heterocycles. The minimum atomic E-state index is -4.08. The fraction of sp³-hybridized carbons (Fsp3) is 0.375. The molecule has 1 aliphatic rings. The highest BCUT2D eigenvalue weighted by Gasteiger charge is 2.33. The lowest BCUT2D eigenvalue weighted by Gasteiger charge is -2.32. The maximum Gasteiger partial charge on any atom is 0.264 e. The van der Waals surface area contributed by atoms with Crippen LogP contribution < -0.4 is 9.62 Å². The number of hydrogen-bond acceptors (Lipinski definition) is 4. The number of rotatable bonds is 11. The number of halogens is 1. The molecule has 1 saturated carbocycles. The summed E-state index contributed by atoms with van der Waals surface area (Å²) >= 11 is 3.48. The Kier molecular flexibility index (Phi) is 10.3. The number of amides is 2. The largest absolute Gasteiger partial charge is 0.352 e. The highest BCUT2D eigenvalue weighted by molar-refractivity contribution is 9.10. The van der Waals surface area contributed by atoms with E-state index in [0.717, 1.165) is 45.6 Å². The van der Waals surface area contributed by atoms with Crippen molar-refractivity contribution in [2.75, 3.05) is 10.8 Å². The van der Waals surface area contributed by atoms with Gasteiger partial charge in [0.15, 0.2) is 0 Å². The third kappa shape index (κ3) is 7.77. The number of anilines is 1. The summed E-state index contributed by atoms with van der Waals surface area (Å²) in [4.78, 5) is 29.0. The van der Waals surface area contributed by atoms with Crippen LogP contribution in [0.25, 0.3) is 0 Å². The van der Waals surface area contributed by atoms with Gasteiger partial charge in [0.1, 0.15) is 12.6 Å². The van der Waals surface area contributed by atoms with Crippen molar-refractivity contribution in [2.24, 2.45) is 0 Å². The van der Waals surface area contributed by atoms with E-state index in [1.54, 1.807) is 37.3 Å². The molecule has 0 radical (unpaired) electrons. The van der Waals surface area contributed by atoms with E-state index in [-0.39, 0.29) is 29.3 Å². The van der Waals surface area contributed by atoms with Gasteiger partial charge >= 0.3 is 0 Å². The Balaban J connectivity index is 1.68. The van der Waals surface area contributed by atoms with Gasteiger partial charge in [-0.3, -0.25) is 13.9 Å². The molecule has 0 heterocycles. The Morgan fingerprint density at radius 1 is 0.927 bits per heavy atom. The molecule has 0 bridgehead atoms. The molecule has 1 unspecified atom stereocenters. The van der Waals surface area contributed by atoms with Crippen LogP contribution in [0.4, 0.5) is 5.69 Å². The Morgan fingerprint density at radius 2 is 1.59 bits per heavy atom. The predicted octanol–water partition coefficient (Wildman–Crippen LogP) is 6.24. The smallest absolute Gasteiger partial charge is 0.264 e. The minimum absolute atomic E-state index is 0.0892. The van der Waals surface area contributed by atoms with Crippen molar-refractivity contribution in [3.8, 4) is 0 Å². The lowest BCUT2D eigenvalue weighted by Crippen LogP contribution is -2.52. The molecular weight excluding hydrogens is 602 g/mol. The Bertz CT molecular complexity index is 1440. The van der Waals surface area contributed by atoms with E-state index >= 15 is 0 Å². The quantitative estimate of drug-likeness (QED) is 0.269. The van der Waals surface area contributed by atoms with Gasteiger partial charge in [-0.15, -0.1) is 0 Å². The molecule has 0 spiro atoms. The highest BCUT2D eigenvalue weighted by Crippen LogP contribution is 2.27. The SMILES string of the molecule is CC(C)c1ccc(N(CC(=O)N(Cc2cccc(Br)c2)C(C)C(=O)NC2CCCC2)S(=O)(=O)c2ccccc2)cc1. The van der Waals surface area contributed by atoms with E-state index in [0.29, 0.717) is 5.69 Å². The fourth-order valence-corrected chi connectivity index (χ4v) is 6.96.